The van der Waals surface area contributed by atoms with Crippen molar-refractivity contribution in [2.45, 2.75) is 143 Å². The molecule has 12 nitrogen and oxygen atoms in total. The van der Waals surface area contributed by atoms with Crippen LogP contribution in [0.4, 0.5) is 0 Å². The first kappa shape index (κ1) is 38.9. The van der Waals surface area contributed by atoms with E-state index >= 15 is 0 Å². The number of rotatable bonds is 14. The molecule has 0 aliphatic heterocycles. The monoisotopic (exact) mass is 752 g/mol. The van der Waals surface area contributed by atoms with Crippen LogP contribution < -0.4 is 0 Å². The summed E-state index contributed by atoms with van der Waals surface area (Å²) in [4.78, 5) is 0. The highest BCUT2D eigenvalue weighted by Crippen LogP contribution is 2.61. The van der Waals surface area contributed by atoms with Crippen molar-refractivity contribution in [3.63, 3.8) is 0 Å². The van der Waals surface area contributed by atoms with Crippen LogP contribution in [0.25, 0.3) is 0 Å². The number of hydrogen-bond donors (Lipinski definition) is 4. The lowest BCUT2D eigenvalue weighted by molar-refractivity contribution is 0.0277. The van der Waals surface area contributed by atoms with Gasteiger partial charge in [0.25, 0.3) is 40.5 Å². The van der Waals surface area contributed by atoms with E-state index in [2.05, 4.69) is 9.24 Å². The minimum atomic E-state index is -4.27. The Morgan fingerprint density at radius 3 is 1.11 bits per heavy atom. The molecule has 0 saturated heterocycles. The average Bonchev–Trinajstić information content (AvgIpc) is 3.75. The van der Waals surface area contributed by atoms with Gasteiger partial charge in [0.1, 0.15) is 0 Å². The molecule has 0 spiro atoms. The van der Waals surface area contributed by atoms with E-state index in [4.69, 9.17) is 0 Å². The van der Waals surface area contributed by atoms with Gasteiger partial charge in [-0.25, -0.2) is 0 Å². The normalized spacial score (nSPS) is 36.4. The summed E-state index contributed by atoms with van der Waals surface area (Å²) in [6.07, 6.45) is 6.92. The molecule has 0 bridgehead atoms. The molecule has 0 aromatic carbocycles. The summed E-state index contributed by atoms with van der Waals surface area (Å²) in [5, 5.41) is -3.59. The summed E-state index contributed by atoms with van der Waals surface area (Å²) < 4.78 is 137. The maximum atomic E-state index is 12.2. The molecule has 0 amide bonds. The predicted molar refractivity (Wildman–Crippen MR) is 179 cm³/mol. The van der Waals surface area contributed by atoms with Crippen LogP contribution in [-0.2, 0) is 40.5 Å². The molecule has 10 unspecified atom stereocenters. The van der Waals surface area contributed by atoms with Crippen LogP contribution >= 0.6 is 9.24 Å². The predicted octanol–water partition coefficient (Wildman–Crippen LogP) is 5.03. The lowest BCUT2D eigenvalue weighted by atomic mass is 9.57. The summed E-state index contributed by atoms with van der Waals surface area (Å²) >= 11 is 0. The topological polar surface area (TPSA) is 217 Å². The SMILES string of the molecule is CCC(CCC(P)C(CC)(C1CCC(S(=O)(=O)O)C1)C1CCC(S(=O)(=O)O)C1)(C1CCC(S(=O)(=O)O)C1)C1CCC(S(=O)(=O)O)C1. The third-order valence-corrected chi connectivity index (χ3v) is 19.3. The molecule has 4 aliphatic carbocycles. The quantitative estimate of drug-likeness (QED) is 0.136. The van der Waals surface area contributed by atoms with E-state index in [1.165, 1.54) is 0 Å². The Bertz CT molecular complexity index is 1430. The molecule has 10 atom stereocenters. The van der Waals surface area contributed by atoms with Crippen LogP contribution in [0.3, 0.4) is 0 Å². The van der Waals surface area contributed by atoms with Gasteiger partial charge in [0, 0.05) is 0 Å². The highest BCUT2D eigenvalue weighted by atomic mass is 32.2. The molecular formula is C29H53O12PS4. The zero-order valence-corrected chi connectivity index (χ0v) is 31.2. The fourth-order valence-corrected chi connectivity index (χ4v) is 15.4. The Labute approximate surface area is 278 Å². The largest absolute Gasteiger partial charge is 0.285 e. The zero-order valence-electron chi connectivity index (χ0n) is 26.8. The minimum absolute atomic E-state index is 0.103. The van der Waals surface area contributed by atoms with Crippen LogP contribution in [-0.4, -0.2) is 78.5 Å². The van der Waals surface area contributed by atoms with E-state index in [1.54, 1.807) is 0 Å². The van der Waals surface area contributed by atoms with Crippen LogP contribution in [0.15, 0.2) is 0 Å². The molecule has 0 heterocycles. The Kier molecular flexibility index (Phi) is 11.8. The Morgan fingerprint density at radius 1 is 0.543 bits per heavy atom. The average molecular weight is 753 g/mol. The summed E-state index contributed by atoms with van der Waals surface area (Å²) in [5.74, 6) is -0.458. The molecule has 4 rings (SSSR count). The zero-order chi connectivity index (χ0) is 34.5. The summed E-state index contributed by atoms with van der Waals surface area (Å²) in [6, 6.07) is 0. The van der Waals surface area contributed by atoms with Crippen molar-refractivity contribution in [2.75, 3.05) is 0 Å². The smallest absolute Gasteiger partial charge is 0.267 e. The van der Waals surface area contributed by atoms with E-state index in [0.717, 1.165) is 0 Å². The van der Waals surface area contributed by atoms with Crippen molar-refractivity contribution in [3.05, 3.63) is 0 Å². The van der Waals surface area contributed by atoms with Gasteiger partial charge in [0.05, 0.1) is 21.0 Å². The first-order valence-electron chi connectivity index (χ1n) is 16.7. The molecule has 270 valence electrons. The third kappa shape index (κ3) is 7.85. The molecular weight excluding hydrogens is 700 g/mol. The third-order valence-electron chi connectivity index (χ3n) is 13.3. The maximum absolute atomic E-state index is 12.2. The molecule has 4 saturated carbocycles. The van der Waals surface area contributed by atoms with E-state index in [0.29, 0.717) is 77.0 Å². The first-order chi connectivity index (χ1) is 21.1. The Hall–Kier alpha value is 0.0700. The van der Waals surface area contributed by atoms with Crippen molar-refractivity contribution >= 4 is 49.7 Å². The van der Waals surface area contributed by atoms with Crippen LogP contribution in [0.2, 0.25) is 0 Å². The summed E-state index contributed by atoms with van der Waals surface area (Å²) in [5.41, 5.74) is -1.13. The maximum Gasteiger partial charge on any atom is 0.267 e. The van der Waals surface area contributed by atoms with Gasteiger partial charge in [-0.3, -0.25) is 18.2 Å². The van der Waals surface area contributed by atoms with Crippen molar-refractivity contribution in [2.24, 2.45) is 34.5 Å². The van der Waals surface area contributed by atoms with Gasteiger partial charge in [0.2, 0.25) is 0 Å². The molecule has 46 heavy (non-hydrogen) atoms. The van der Waals surface area contributed by atoms with Crippen LogP contribution in [0.1, 0.15) is 117 Å². The molecule has 0 aromatic rings. The minimum Gasteiger partial charge on any atom is -0.285 e. The van der Waals surface area contributed by atoms with E-state index in [1.807, 2.05) is 13.8 Å². The first-order valence-corrected chi connectivity index (χ1v) is 23.4. The second kappa shape index (κ2) is 14.0. The van der Waals surface area contributed by atoms with Crippen LogP contribution in [0, 0.1) is 34.5 Å². The molecule has 4 fully saturated rings. The Balaban J connectivity index is 1.69. The second-order valence-corrected chi connectivity index (χ2v) is 22.4. The van der Waals surface area contributed by atoms with Gasteiger partial charge in [-0.2, -0.15) is 33.7 Å². The molecule has 4 N–H and O–H groups in total. The van der Waals surface area contributed by atoms with E-state index < -0.39 is 72.3 Å². The highest BCUT2D eigenvalue weighted by molar-refractivity contribution is 7.87. The van der Waals surface area contributed by atoms with Gasteiger partial charge in [-0.05, 0) is 143 Å². The van der Waals surface area contributed by atoms with Crippen LogP contribution in [0.5, 0.6) is 0 Å². The van der Waals surface area contributed by atoms with Crippen molar-refractivity contribution in [1.29, 1.82) is 0 Å². The summed E-state index contributed by atoms with van der Waals surface area (Å²) in [7, 11) is -14.1. The van der Waals surface area contributed by atoms with Gasteiger partial charge in [0.15, 0.2) is 0 Å². The highest BCUT2D eigenvalue weighted by Gasteiger charge is 2.56. The number of hydrogen-bond acceptors (Lipinski definition) is 8. The van der Waals surface area contributed by atoms with Crippen molar-refractivity contribution < 1.29 is 51.9 Å². The van der Waals surface area contributed by atoms with Crippen molar-refractivity contribution in [1.82, 2.24) is 0 Å². The second-order valence-electron chi connectivity index (χ2n) is 14.8. The van der Waals surface area contributed by atoms with E-state index in [-0.39, 0.29) is 55.0 Å². The van der Waals surface area contributed by atoms with Gasteiger partial charge in [-0.1, -0.05) is 13.8 Å². The Morgan fingerprint density at radius 2 is 0.848 bits per heavy atom. The van der Waals surface area contributed by atoms with Gasteiger partial charge < -0.3 is 0 Å². The van der Waals surface area contributed by atoms with Gasteiger partial charge >= 0.3 is 0 Å². The molecule has 4 aliphatic rings. The van der Waals surface area contributed by atoms with E-state index in [9.17, 15) is 51.9 Å². The fraction of sp³-hybridized carbons (Fsp3) is 1.00. The molecule has 0 radical (unpaired) electrons. The van der Waals surface area contributed by atoms with Gasteiger partial charge in [-0.15, -0.1) is 9.24 Å². The molecule has 0 aromatic heterocycles. The fourth-order valence-electron chi connectivity index (χ4n) is 10.8. The lowest BCUT2D eigenvalue weighted by Gasteiger charge is -2.51. The lowest BCUT2D eigenvalue weighted by Crippen LogP contribution is -2.45. The van der Waals surface area contributed by atoms with Crippen molar-refractivity contribution in [3.8, 4) is 0 Å². The summed E-state index contributed by atoms with van der Waals surface area (Å²) in [6.45, 7) is 4.04. The standard InChI is InChI=1S/C29H53O12PS4/c1-3-28(19-5-9-23(15-19)43(30,31)32,20-6-10-24(16-20)44(33,34)35)14-13-27(42)29(4-2,21-7-11-25(17-21)45(36,37)38)22-8-12-26(18-22)46(39,40)41/h19-27H,3-18,42H2,1-2H3,(H,30,31,32)(H,33,34,35)(H,36,37,38)(H,39,40,41). The molecule has 17 heteroatoms.